The lowest BCUT2D eigenvalue weighted by atomic mass is 10.1. The van der Waals surface area contributed by atoms with E-state index in [9.17, 15) is 0 Å². The van der Waals surface area contributed by atoms with E-state index in [0.717, 1.165) is 36.6 Å². The van der Waals surface area contributed by atoms with Crippen LogP contribution in [-0.2, 0) is 11.3 Å². The van der Waals surface area contributed by atoms with E-state index in [1.165, 1.54) is 0 Å². The molecule has 1 atom stereocenters. The van der Waals surface area contributed by atoms with Crippen LogP contribution in [0.2, 0.25) is 0 Å². The average Bonchev–Trinajstić information content (AvgIpc) is 2.96. The van der Waals surface area contributed by atoms with Gasteiger partial charge in [0, 0.05) is 18.7 Å². The summed E-state index contributed by atoms with van der Waals surface area (Å²) in [5, 5.41) is 4.08. The van der Waals surface area contributed by atoms with Crippen molar-refractivity contribution in [3.63, 3.8) is 0 Å². The molecule has 1 aliphatic rings. The molecule has 1 aromatic heterocycles. The van der Waals surface area contributed by atoms with Crippen LogP contribution in [-0.4, -0.2) is 48.0 Å². The highest BCUT2D eigenvalue weighted by Gasteiger charge is 2.19. The first-order valence-corrected chi connectivity index (χ1v) is 7.47. The maximum atomic E-state index is 5.53. The predicted octanol–water partition coefficient (Wildman–Crippen LogP) is 2.27. The minimum absolute atomic E-state index is 0.248. The molecule has 1 saturated heterocycles. The van der Waals surface area contributed by atoms with Gasteiger partial charge in [-0.1, -0.05) is 17.3 Å². The zero-order chi connectivity index (χ0) is 15.5. The molecule has 6 nitrogen and oxygen atoms in total. The lowest BCUT2D eigenvalue weighted by Crippen LogP contribution is -2.40. The third-order valence-corrected chi connectivity index (χ3v) is 3.82. The Morgan fingerprint density at radius 3 is 3.05 bits per heavy atom. The second-order valence-corrected chi connectivity index (χ2v) is 5.61. The standard InChI is InChI=1S/C16H21N3O3/c1-11-4-5-13(8-14(11)20-3)16-17-15(22-18-16)10-19-6-7-21-12(2)9-19/h4-5,8,12H,6-7,9-10H2,1-3H3. The van der Waals surface area contributed by atoms with E-state index in [1.54, 1.807) is 7.11 Å². The number of morpholine rings is 1. The molecule has 2 heterocycles. The van der Waals surface area contributed by atoms with Gasteiger partial charge in [-0.25, -0.2) is 0 Å². The van der Waals surface area contributed by atoms with E-state index < -0.39 is 0 Å². The summed E-state index contributed by atoms with van der Waals surface area (Å²) in [4.78, 5) is 6.75. The summed E-state index contributed by atoms with van der Waals surface area (Å²) in [5.74, 6) is 2.05. The highest BCUT2D eigenvalue weighted by molar-refractivity contribution is 5.58. The molecule has 0 N–H and O–H groups in total. The van der Waals surface area contributed by atoms with E-state index in [-0.39, 0.29) is 6.10 Å². The summed E-state index contributed by atoms with van der Waals surface area (Å²) < 4.78 is 16.3. The van der Waals surface area contributed by atoms with Crippen molar-refractivity contribution in [3.05, 3.63) is 29.7 Å². The first kappa shape index (κ1) is 15.0. The van der Waals surface area contributed by atoms with Crippen molar-refractivity contribution < 1.29 is 14.0 Å². The molecule has 0 amide bonds. The van der Waals surface area contributed by atoms with E-state index in [1.807, 2.05) is 25.1 Å². The van der Waals surface area contributed by atoms with Gasteiger partial charge in [-0.3, -0.25) is 4.90 Å². The fourth-order valence-corrected chi connectivity index (χ4v) is 2.62. The monoisotopic (exact) mass is 303 g/mol. The first-order valence-electron chi connectivity index (χ1n) is 7.47. The SMILES string of the molecule is COc1cc(-c2noc(CN3CCOC(C)C3)n2)ccc1C. The van der Waals surface area contributed by atoms with Gasteiger partial charge >= 0.3 is 0 Å². The van der Waals surface area contributed by atoms with Crippen LogP contribution in [0.25, 0.3) is 11.4 Å². The summed E-state index contributed by atoms with van der Waals surface area (Å²) in [7, 11) is 1.66. The van der Waals surface area contributed by atoms with Crippen molar-refractivity contribution in [3.8, 4) is 17.1 Å². The van der Waals surface area contributed by atoms with Gasteiger partial charge in [-0.2, -0.15) is 4.98 Å². The molecule has 1 aromatic carbocycles. The van der Waals surface area contributed by atoms with Crippen molar-refractivity contribution in [2.75, 3.05) is 26.8 Å². The molecule has 1 unspecified atom stereocenters. The largest absolute Gasteiger partial charge is 0.496 e. The van der Waals surface area contributed by atoms with E-state index in [0.29, 0.717) is 18.3 Å². The van der Waals surface area contributed by atoms with Crippen LogP contribution in [0.15, 0.2) is 22.7 Å². The molecule has 1 aliphatic heterocycles. The Kier molecular flexibility index (Phi) is 4.40. The molecule has 0 radical (unpaired) electrons. The second kappa shape index (κ2) is 6.46. The van der Waals surface area contributed by atoms with Gasteiger partial charge in [-0.05, 0) is 25.5 Å². The number of rotatable bonds is 4. The minimum Gasteiger partial charge on any atom is -0.496 e. The summed E-state index contributed by atoms with van der Waals surface area (Å²) in [5.41, 5.74) is 1.98. The van der Waals surface area contributed by atoms with Crippen molar-refractivity contribution in [2.45, 2.75) is 26.5 Å². The molecule has 0 bridgehead atoms. The third kappa shape index (κ3) is 3.28. The van der Waals surface area contributed by atoms with E-state index in [4.69, 9.17) is 14.0 Å². The van der Waals surface area contributed by atoms with Gasteiger partial charge in [-0.15, -0.1) is 0 Å². The average molecular weight is 303 g/mol. The molecular weight excluding hydrogens is 282 g/mol. The number of hydrogen-bond acceptors (Lipinski definition) is 6. The van der Waals surface area contributed by atoms with Gasteiger partial charge in [0.2, 0.25) is 11.7 Å². The molecule has 1 fully saturated rings. The number of methoxy groups -OCH3 is 1. The molecule has 3 rings (SSSR count). The number of benzene rings is 1. The van der Waals surface area contributed by atoms with Gasteiger partial charge in [0.15, 0.2) is 0 Å². The molecule has 2 aromatic rings. The Balaban J connectivity index is 1.73. The fourth-order valence-electron chi connectivity index (χ4n) is 2.62. The van der Waals surface area contributed by atoms with Gasteiger partial charge < -0.3 is 14.0 Å². The molecule has 0 spiro atoms. The van der Waals surface area contributed by atoms with E-state index >= 15 is 0 Å². The quantitative estimate of drug-likeness (QED) is 0.863. The summed E-state index contributed by atoms with van der Waals surface area (Å²) in [6.07, 6.45) is 0.248. The maximum Gasteiger partial charge on any atom is 0.241 e. The van der Waals surface area contributed by atoms with Crippen molar-refractivity contribution in [1.29, 1.82) is 0 Å². The van der Waals surface area contributed by atoms with Crippen molar-refractivity contribution >= 4 is 0 Å². The third-order valence-electron chi connectivity index (χ3n) is 3.82. The Bertz CT molecular complexity index is 641. The molecule has 22 heavy (non-hydrogen) atoms. The highest BCUT2D eigenvalue weighted by atomic mass is 16.5. The Morgan fingerprint density at radius 2 is 2.27 bits per heavy atom. The van der Waals surface area contributed by atoms with Gasteiger partial charge in [0.1, 0.15) is 5.75 Å². The summed E-state index contributed by atoms with van der Waals surface area (Å²) >= 11 is 0. The van der Waals surface area contributed by atoms with Crippen LogP contribution in [0, 0.1) is 6.92 Å². The van der Waals surface area contributed by atoms with Crippen molar-refractivity contribution in [1.82, 2.24) is 15.0 Å². The highest BCUT2D eigenvalue weighted by Crippen LogP contribution is 2.25. The Labute approximate surface area is 130 Å². The normalized spacial score (nSPS) is 19.3. The van der Waals surface area contributed by atoms with Gasteiger partial charge in [0.25, 0.3) is 0 Å². The van der Waals surface area contributed by atoms with Crippen LogP contribution in [0.1, 0.15) is 18.4 Å². The summed E-state index contributed by atoms with van der Waals surface area (Å²) in [6, 6.07) is 5.90. The van der Waals surface area contributed by atoms with Crippen LogP contribution in [0.3, 0.4) is 0 Å². The minimum atomic E-state index is 0.248. The van der Waals surface area contributed by atoms with Crippen LogP contribution in [0.5, 0.6) is 5.75 Å². The molecule has 6 heteroatoms. The van der Waals surface area contributed by atoms with Crippen LogP contribution < -0.4 is 4.74 Å². The predicted molar refractivity (Wildman–Crippen MR) is 81.7 cm³/mol. The van der Waals surface area contributed by atoms with Crippen molar-refractivity contribution in [2.24, 2.45) is 0 Å². The lowest BCUT2D eigenvalue weighted by molar-refractivity contribution is -0.0240. The topological polar surface area (TPSA) is 60.6 Å². The number of ether oxygens (including phenoxy) is 2. The molecular formula is C16H21N3O3. The summed E-state index contributed by atoms with van der Waals surface area (Å²) in [6.45, 7) is 7.26. The molecule has 118 valence electrons. The Hall–Kier alpha value is -1.92. The first-order chi connectivity index (χ1) is 10.7. The number of nitrogens with zero attached hydrogens (tertiary/aromatic N) is 3. The zero-order valence-corrected chi connectivity index (χ0v) is 13.2. The Morgan fingerprint density at radius 1 is 1.41 bits per heavy atom. The van der Waals surface area contributed by atoms with E-state index in [2.05, 4.69) is 22.0 Å². The van der Waals surface area contributed by atoms with Gasteiger partial charge in [0.05, 0.1) is 26.4 Å². The van der Waals surface area contributed by atoms with Crippen LogP contribution >= 0.6 is 0 Å². The fraction of sp³-hybridized carbons (Fsp3) is 0.500. The second-order valence-electron chi connectivity index (χ2n) is 5.61. The lowest BCUT2D eigenvalue weighted by Gasteiger charge is -2.29. The van der Waals surface area contributed by atoms with Crippen LogP contribution in [0.4, 0.5) is 0 Å². The maximum absolute atomic E-state index is 5.53. The number of hydrogen-bond donors (Lipinski definition) is 0. The molecule has 0 saturated carbocycles. The molecule has 0 aliphatic carbocycles. The number of aromatic nitrogens is 2. The smallest absolute Gasteiger partial charge is 0.241 e. The number of aryl methyl sites for hydroxylation is 1. The zero-order valence-electron chi connectivity index (χ0n) is 13.2.